The minimum Gasteiger partial charge on any atom is -0.462 e. The Morgan fingerprint density at radius 1 is 1.00 bits per heavy atom. The second-order valence-electron chi connectivity index (χ2n) is 7.32. The first-order valence-corrected chi connectivity index (χ1v) is 9.95. The maximum atomic E-state index is 11.9. The molecule has 2 unspecified atom stereocenters. The number of methoxy groups -OCH3 is 1. The Morgan fingerprint density at radius 3 is 2.03 bits per heavy atom. The Kier molecular flexibility index (Phi) is 10.4. The molecule has 0 radical (unpaired) electrons. The molecule has 1 amide bonds. The average Bonchev–Trinajstić information content (AvgIpc) is 2.69. The number of aldehydes is 1. The summed E-state index contributed by atoms with van der Waals surface area (Å²) >= 11 is 0. The standard InChI is InChI=1S/C20H29NO12/c1-10(23)21-17-15(30-12(3)25)7-20(9-22,28-6)33-19(17)18(32-14(5)27)16(31-13(4)26)8-29-11(2)24/h9,15-19H,7-8H2,1-6H3,(H,21,23)/t15?,16-,17-,18-,19?,20+/m1/s1. The van der Waals surface area contributed by atoms with Crippen LogP contribution in [0.4, 0.5) is 0 Å². The van der Waals surface area contributed by atoms with Crippen molar-refractivity contribution in [2.24, 2.45) is 0 Å². The van der Waals surface area contributed by atoms with Gasteiger partial charge in [-0.3, -0.25) is 28.8 Å². The zero-order valence-electron chi connectivity index (χ0n) is 19.3. The molecule has 1 heterocycles. The summed E-state index contributed by atoms with van der Waals surface area (Å²) < 4.78 is 31.8. The monoisotopic (exact) mass is 475 g/mol. The predicted octanol–water partition coefficient (Wildman–Crippen LogP) is -0.820. The fourth-order valence-corrected chi connectivity index (χ4v) is 3.39. The van der Waals surface area contributed by atoms with E-state index in [4.69, 9.17) is 28.4 Å². The Labute approximate surface area is 190 Å². The predicted molar refractivity (Wildman–Crippen MR) is 106 cm³/mol. The fraction of sp³-hybridized carbons (Fsp3) is 0.700. The fourth-order valence-electron chi connectivity index (χ4n) is 3.39. The van der Waals surface area contributed by atoms with E-state index < -0.39 is 72.6 Å². The third-order valence-corrected chi connectivity index (χ3v) is 4.55. The van der Waals surface area contributed by atoms with Gasteiger partial charge < -0.3 is 33.7 Å². The molecule has 0 aromatic rings. The van der Waals surface area contributed by atoms with E-state index in [9.17, 15) is 28.8 Å². The molecule has 1 saturated heterocycles. The van der Waals surface area contributed by atoms with Crippen molar-refractivity contribution >= 4 is 36.1 Å². The Morgan fingerprint density at radius 2 is 1.61 bits per heavy atom. The van der Waals surface area contributed by atoms with E-state index in [0.29, 0.717) is 6.29 Å². The van der Waals surface area contributed by atoms with Crippen LogP contribution in [-0.4, -0.2) is 86.0 Å². The Hall–Kier alpha value is -3.06. The van der Waals surface area contributed by atoms with Crippen LogP contribution in [0.1, 0.15) is 41.0 Å². The number of hydrogen-bond acceptors (Lipinski definition) is 12. The third-order valence-electron chi connectivity index (χ3n) is 4.55. The smallest absolute Gasteiger partial charge is 0.303 e. The number of esters is 4. The molecule has 13 heteroatoms. The van der Waals surface area contributed by atoms with Gasteiger partial charge in [-0.15, -0.1) is 0 Å². The highest BCUT2D eigenvalue weighted by molar-refractivity contribution is 5.74. The number of rotatable bonds is 10. The summed E-state index contributed by atoms with van der Waals surface area (Å²) in [5, 5.41) is 2.55. The van der Waals surface area contributed by atoms with Gasteiger partial charge in [0.25, 0.3) is 0 Å². The van der Waals surface area contributed by atoms with E-state index in [2.05, 4.69) is 5.32 Å². The van der Waals surface area contributed by atoms with Gasteiger partial charge in [-0.1, -0.05) is 0 Å². The Bertz CT molecular complexity index is 768. The van der Waals surface area contributed by atoms with E-state index in [1.165, 1.54) is 6.92 Å². The lowest BCUT2D eigenvalue weighted by molar-refractivity contribution is -0.293. The van der Waals surface area contributed by atoms with Crippen LogP contribution < -0.4 is 5.32 Å². The van der Waals surface area contributed by atoms with Gasteiger partial charge in [-0.25, -0.2) is 0 Å². The SMILES string of the molecule is CO[C@@]1(C=O)CC(OC(C)=O)[C@@H](NC(C)=O)C([C@H](OC(C)=O)[C@@H](COC(C)=O)OC(C)=O)O1. The minimum atomic E-state index is -1.96. The zero-order chi connectivity index (χ0) is 25.3. The highest BCUT2D eigenvalue weighted by Gasteiger charge is 2.55. The van der Waals surface area contributed by atoms with Gasteiger partial charge in [0.2, 0.25) is 11.7 Å². The zero-order valence-corrected chi connectivity index (χ0v) is 19.3. The summed E-state index contributed by atoms with van der Waals surface area (Å²) in [7, 11) is 1.16. The van der Waals surface area contributed by atoms with E-state index in [0.717, 1.165) is 34.8 Å². The van der Waals surface area contributed by atoms with Gasteiger partial charge in [0, 0.05) is 48.1 Å². The van der Waals surface area contributed by atoms with Crippen LogP contribution in [0.15, 0.2) is 0 Å². The first-order chi connectivity index (χ1) is 15.3. The van der Waals surface area contributed by atoms with Gasteiger partial charge in [0.1, 0.15) is 18.8 Å². The number of hydrogen-bond donors (Lipinski definition) is 1. The van der Waals surface area contributed by atoms with Gasteiger partial charge in [0.05, 0.1) is 6.04 Å². The van der Waals surface area contributed by atoms with Crippen molar-refractivity contribution in [3.05, 3.63) is 0 Å². The van der Waals surface area contributed by atoms with Crippen LogP contribution in [0.25, 0.3) is 0 Å². The van der Waals surface area contributed by atoms with Crippen LogP contribution in [0.2, 0.25) is 0 Å². The molecule has 1 fully saturated rings. The van der Waals surface area contributed by atoms with Gasteiger partial charge in [0.15, 0.2) is 18.5 Å². The number of ether oxygens (including phenoxy) is 6. The number of carbonyl (C=O) groups is 6. The molecule has 6 atom stereocenters. The van der Waals surface area contributed by atoms with Crippen molar-refractivity contribution in [2.45, 2.75) is 77.3 Å². The van der Waals surface area contributed by atoms with Gasteiger partial charge in [-0.2, -0.15) is 0 Å². The third kappa shape index (κ3) is 8.42. The molecule has 13 nitrogen and oxygen atoms in total. The van der Waals surface area contributed by atoms with Crippen molar-refractivity contribution < 1.29 is 57.2 Å². The summed E-state index contributed by atoms with van der Waals surface area (Å²) in [5.41, 5.74) is 0. The van der Waals surface area contributed by atoms with E-state index >= 15 is 0 Å². The summed E-state index contributed by atoms with van der Waals surface area (Å²) in [4.78, 5) is 70.5. The minimum absolute atomic E-state index is 0.303. The first-order valence-electron chi connectivity index (χ1n) is 9.95. The molecule has 1 aliphatic heterocycles. The van der Waals surface area contributed by atoms with Crippen molar-refractivity contribution in [3.63, 3.8) is 0 Å². The molecule has 1 aliphatic rings. The second kappa shape index (κ2) is 12.3. The Balaban J connectivity index is 3.60. The van der Waals surface area contributed by atoms with Crippen molar-refractivity contribution in [1.82, 2.24) is 5.32 Å². The largest absolute Gasteiger partial charge is 0.462 e. The lowest BCUT2D eigenvalue weighted by atomic mass is 9.88. The van der Waals surface area contributed by atoms with Crippen LogP contribution >= 0.6 is 0 Å². The molecule has 186 valence electrons. The molecule has 0 spiro atoms. The molecule has 1 N–H and O–H groups in total. The van der Waals surface area contributed by atoms with Gasteiger partial charge in [-0.05, 0) is 0 Å². The van der Waals surface area contributed by atoms with Crippen LogP contribution in [0.5, 0.6) is 0 Å². The van der Waals surface area contributed by atoms with Crippen LogP contribution in [0.3, 0.4) is 0 Å². The number of carbonyl (C=O) groups excluding carboxylic acids is 6. The van der Waals surface area contributed by atoms with Gasteiger partial charge >= 0.3 is 23.9 Å². The normalized spacial score (nSPS) is 26.2. The van der Waals surface area contributed by atoms with Crippen LogP contribution in [-0.2, 0) is 57.2 Å². The molecule has 0 saturated carbocycles. The number of nitrogens with one attached hydrogen (secondary N) is 1. The molecule has 0 aromatic carbocycles. The van der Waals surface area contributed by atoms with E-state index in [-0.39, 0.29) is 6.42 Å². The summed E-state index contributed by atoms with van der Waals surface area (Å²) in [5.74, 6) is -5.61. The summed E-state index contributed by atoms with van der Waals surface area (Å²) in [6.07, 6.45) is -5.52. The topological polar surface area (TPSA) is 170 Å². The molecular weight excluding hydrogens is 446 g/mol. The maximum Gasteiger partial charge on any atom is 0.303 e. The lowest BCUT2D eigenvalue weighted by Crippen LogP contribution is -2.67. The molecule has 0 aliphatic carbocycles. The van der Waals surface area contributed by atoms with E-state index in [1.54, 1.807) is 0 Å². The quantitative estimate of drug-likeness (QED) is 0.237. The maximum absolute atomic E-state index is 11.9. The molecule has 1 rings (SSSR count). The van der Waals surface area contributed by atoms with Crippen molar-refractivity contribution in [3.8, 4) is 0 Å². The van der Waals surface area contributed by atoms with Crippen molar-refractivity contribution in [1.29, 1.82) is 0 Å². The van der Waals surface area contributed by atoms with E-state index in [1.807, 2.05) is 0 Å². The molecule has 0 bridgehead atoms. The summed E-state index contributed by atoms with van der Waals surface area (Å²) in [6, 6.07) is -1.17. The second-order valence-corrected chi connectivity index (χ2v) is 7.32. The highest BCUT2D eigenvalue weighted by Crippen LogP contribution is 2.34. The van der Waals surface area contributed by atoms with Crippen molar-refractivity contribution in [2.75, 3.05) is 13.7 Å². The highest BCUT2D eigenvalue weighted by atomic mass is 16.7. The molecular formula is C20H29NO12. The number of amides is 1. The first kappa shape index (κ1) is 28.0. The summed E-state index contributed by atoms with van der Waals surface area (Å²) in [6.45, 7) is 5.01. The average molecular weight is 475 g/mol. The van der Waals surface area contributed by atoms with Crippen LogP contribution in [0, 0.1) is 0 Å². The lowest BCUT2D eigenvalue weighted by Gasteiger charge is -2.47. The molecule has 33 heavy (non-hydrogen) atoms. The molecule has 0 aromatic heterocycles.